The summed E-state index contributed by atoms with van der Waals surface area (Å²) in [4.78, 5) is 0. The maximum Gasteiger partial charge on any atom is 0.123 e. The summed E-state index contributed by atoms with van der Waals surface area (Å²) in [5, 5.41) is 13.0. The molecule has 1 aliphatic carbocycles. The second-order valence-electron chi connectivity index (χ2n) is 5.44. The summed E-state index contributed by atoms with van der Waals surface area (Å²) in [6.45, 7) is 3.73. The first-order valence-corrected chi connectivity index (χ1v) is 6.83. The first-order valence-electron chi connectivity index (χ1n) is 6.83. The largest absolute Gasteiger partial charge is 0.508 e. The van der Waals surface area contributed by atoms with E-state index in [0.717, 1.165) is 6.54 Å². The molecule has 1 aromatic carbocycles. The van der Waals surface area contributed by atoms with Crippen LogP contribution in [-0.2, 0) is 6.54 Å². The summed E-state index contributed by atoms with van der Waals surface area (Å²) in [5.41, 5.74) is 1.06. The molecule has 1 aliphatic rings. The molecule has 0 aromatic heterocycles. The zero-order valence-electron chi connectivity index (χ0n) is 11.0. The Morgan fingerprint density at radius 1 is 1.33 bits per heavy atom. The Bertz CT molecular complexity index is 399. The van der Waals surface area contributed by atoms with Crippen molar-refractivity contribution in [3.63, 3.8) is 0 Å². The lowest BCUT2D eigenvalue weighted by Gasteiger charge is -2.27. The van der Waals surface area contributed by atoms with Crippen LogP contribution in [0.3, 0.4) is 0 Å². The predicted octanol–water partition coefficient (Wildman–Crippen LogP) is 3.59. The molecule has 1 aromatic rings. The molecular weight excluding hydrogens is 229 g/mol. The molecule has 0 heterocycles. The van der Waals surface area contributed by atoms with Gasteiger partial charge in [-0.05, 0) is 42.9 Å². The monoisotopic (exact) mass is 251 g/mol. The van der Waals surface area contributed by atoms with Crippen molar-refractivity contribution in [2.45, 2.75) is 45.6 Å². The van der Waals surface area contributed by atoms with E-state index in [0.29, 0.717) is 17.5 Å². The molecule has 0 bridgehead atoms. The zero-order chi connectivity index (χ0) is 13.0. The molecular formula is C15H22FNO. The van der Waals surface area contributed by atoms with Gasteiger partial charge in [0, 0.05) is 18.7 Å². The van der Waals surface area contributed by atoms with Gasteiger partial charge in [0.25, 0.3) is 0 Å². The molecule has 1 saturated carbocycles. The summed E-state index contributed by atoms with van der Waals surface area (Å²) in [7, 11) is 0. The molecule has 2 rings (SSSR count). The minimum atomic E-state index is -0.296. The van der Waals surface area contributed by atoms with E-state index in [9.17, 15) is 9.50 Å². The number of nitrogens with one attached hydrogen (secondary N) is 1. The smallest absolute Gasteiger partial charge is 0.123 e. The molecule has 0 atom stereocenters. The molecule has 18 heavy (non-hydrogen) atoms. The summed E-state index contributed by atoms with van der Waals surface area (Å²) >= 11 is 0. The van der Waals surface area contributed by atoms with E-state index in [-0.39, 0.29) is 11.6 Å². The van der Waals surface area contributed by atoms with Gasteiger partial charge in [0.2, 0.25) is 0 Å². The molecule has 3 heteroatoms. The van der Waals surface area contributed by atoms with Crippen LogP contribution >= 0.6 is 0 Å². The van der Waals surface area contributed by atoms with Gasteiger partial charge in [-0.1, -0.05) is 19.8 Å². The van der Waals surface area contributed by atoms with Crippen molar-refractivity contribution >= 4 is 0 Å². The van der Waals surface area contributed by atoms with Crippen LogP contribution in [0.5, 0.6) is 5.75 Å². The maximum absolute atomic E-state index is 13.1. The molecule has 2 nitrogen and oxygen atoms in total. The van der Waals surface area contributed by atoms with Gasteiger partial charge in [-0.3, -0.25) is 0 Å². The first-order chi connectivity index (χ1) is 8.65. The SMILES string of the molecule is CCC1(CNCc2cc(F)ccc2O)CCCC1. The normalized spacial score (nSPS) is 18.1. The fourth-order valence-electron chi connectivity index (χ4n) is 2.94. The number of rotatable bonds is 5. The highest BCUT2D eigenvalue weighted by Crippen LogP contribution is 2.40. The third kappa shape index (κ3) is 3.02. The van der Waals surface area contributed by atoms with Crippen molar-refractivity contribution in [3.05, 3.63) is 29.6 Å². The van der Waals surface area contributed by atoms with Gasteiger partial charge in [0.1, 0.15) is 11.6 Å². The molecule has 2 N–H and O–H groups in total. The van der Waals surface area contributed by atoms with E-state index in [1.807, 2.05) is 0 Å². The minimum Gasteiger partial charge on any atom is -0.508 e. The standard InChI is InChI=1S/C15H22FNO/c1-2-15(7-3-4-8-15)11-17-10-12-9-13(16)5-6-14(12)18/h5-6,9,17-18H,2-4,7-8,10-11H2,1H3. The molecule has 1 fully saturated rings. The maximum atomic E-state index is 13.1. The predicted molar refractivity (Wildman–Crippen MR) is 71.0 cm³/mol. The van der Waals surface area contributed by atoms with E-state index < -0.39 is 0 Å². The van der Waals surface area contributed by atoms with Crippen LogP contribution in [0.1, 0.15) is 44.6 Å². The van der Waals surface area contributed by atoms with E-state index >= 15 is 0 Å². The van der Waals surface area contributed by atoms with Crippen molar-refractivity contribution < 1.29 is 9.50 Å². The second kappa shape index (κ2) is 5.70. The summed E-state index contributed by atoms with van der Waals surface area (Å²) in [6, 6.07) is 4.09. The summed E-state index contributed by atoms with van der Waals surface area (Å²) < 4.78 is 13.1. The average Bonchev–Trinajstić information content (AvgIpc) is 2.83. The average molecular weight is 251 g/mol. The lowest BCUT2D eigenvalue weighted by atomic mass is 9.83. The third-order valence-corrected chi connectivity index (χ3v) is 4.27. The molecule has 100 valence electrons. The second-order valence-corrected chi connectivity index (χ2v) is 5.44. The number of hydrogen-bond donors (Lipinski definition) is 2. The van der Waals surface area contributed by atoms with Crippen LogP contribution < -0.4 is 5.32 Å². The molecule has 0 spiro atoms. The highest BCUT2D eigenvalue weighted by atomic mass is 19.1. The number of phenols is 1. The fraction of sp³-hybridized carbons (Fsp3) is 0.600. The van der Waals surface area contributed by atoms with Gasteiger partial charge in [-0.25, -0.2) is 4.39 Å². The van der Waals surface area contributed by atoms with Crippen LogP contribution in [0.2, 0.25) is 0 Å². The number of aromatic hydroxyl groups is 1. The lowest BCUT2D eigenvalue weighted by molar-refractivity contribution is 0.267. The van der Waals surface area contributed by atoms with Gasteiger partial charge in [-0.2, -0.15) is 0 Å². The van der Waals surface area contributed by atoms with Gasteiger partial charge in [0.15, 0.2) is 0 Å². The van der Waals surface area contributed by atoms with Crippen molar-refractivity contribution in [1.82, 2.24) is 5.32 Å². The molecule has 0 saturated heterocycles. The van der Waals surface area contributed by atoms with Gasteiger partial charge in [0.05, 0.1) is 0 Å². The summed E-state index contributed by atoms with van der Waals surface area (Å²) in [5.74, 6) is -0.128. The summed E-state index contributed by atoms with van der Waals surface area (Å²) in [6.07, 6.45) is 6.40. The van der Waals surface area contributed by atoms with E-state index in [1.165, 1.54) is 50.3 Å². The first kappa shape index (κ1) is 13.3. The van der Waals surface area contributed by atoms with Crippen molar-refractivity contribution in [2.24, 2.45) is 5.41 Å². The fourth-order valence-corrected chi connectivity index (χ4v) is 2.94. The number of benzene rings is 1. The quantitative estimate of drug-likeness (QED) is 0.838. The zero-order valence-corrected chi connectivity index (χ0v) is 11.0. The minimum absolute atomic E-state index is 0.167. The Kier molecular flexibility index (Phi) is 4.23. The molecule has 0 unspecified atom stereocenters. The Morgan fingerprint density at radius 3 is 2.72 bits per heavy atom. The topological polar surface area (TPSA) is 32.3 Å². The third-order valence-electron chi connectivity index (χ3n) is 4.27. The Morgan fingerprint density at radius 2 is 2.06 bits per heavy atom. The van der Waals surface area contributed by atoms with E-state index in [2.05, 4.69) is 12.2 Å². The van der Waals surface area contributed by atoms with E-state index in [1.54, 1.807) is 0 Å². The van der Waals surface area contributed by atoms with Gasteiger partial charge >= 0.3 is 0 Å². The van der Waals surface area contributed by atoms with Crippen LogP contribution in [0.15, 0.2) is 18.2 Å². The Hall–Kier alpha value is -1.09. The van der Waals surface area contributed by atoms with Crippen molar-refractivity contribution in [3.8, 4) is 5.75 Å². The molecule has 0 aliphatic heterocycles. The van der Waals surface area contributed by atoms with Crippen LogP contribution in [0.25, 0.3) is 0 Å². The highest BCUT2D eigenvalue weighted by Gasteiger charge is 2.31. The van der Waals surface area contributed by atoms with Gasteiger partial charge < -0.3 is 10.4 Å². The van der Waals surface area contributed by atoms with E-state index in [4.69, 9.17) is 0 Å². The van der Waals surface area contributed by atoms with Crippen molar-refractivity contribution in [1.29, 1.82) is 0 Å². The molecule has 0 amide bonds. The number of halogens is 1. The Balaban J connectivity index is 1.89. The van der Waals surface area contributed by atoms with Crippen molar-refractivity contribution in [2.75, 3.05) is 6.54 Å². The van der Waals surface area contributed by atoms with Crippen LogP contribution in [-0.4, -0.2) is 11.7 Å². The number of phenolic OH excluding ortho intramolecular Hbond substituents is 1. The lowest BCUT2D eigenvalue weighted by Crippen LogP contribution is -2.31. The number of hydrogen-bond acceptors (Lipinski definition) is 2. The van der Waals surface area contributed by atoms with Gasteiger partial charge in [-0.15, -0.1) is 0 Å². The van der Waals surface area contributed by atoms with Crippen LogP contribution in [0, 0.1) is 11.2 Å². The highest BCUT2D eigenvalue weighted by molar-refractivity contribution is 5.32. The van der Waals surface area contributed by atoms with Crippen LogP contribution in [0.4, 0.5) is 4.39 Å². The molecule has 0 radical (unpaired) electrons. The Labute approximate surface area is 108 Å².